The Morgan fingerprint density at radius 1 is 1.14 bits per heavy atom. The molecule has 1 saturated heterocycles. The van der Waals surface area contributed by atoms with Crippen molar-refractivity contribution >= 4 is 17.8 Å². The molecular weight excluding hydrogens is 356 g/mol. The Bertz CT molecular complexity index is 762. The van der Waals surface area contributed by atoms with E-state index in [1.54, 1.807) is 7.05 Å². The minimum atomic E-state index is -0.281. The third kappa shape index (κ3) is 4.52. The SMILES string of the molecule is CN1CC(=O)N(CCCC(=O)NCC(C)(C)N2CCc3ccccc3C2)C1=O. The molecule has 0 unspecified atom stereocenters. The lowest BCUT2D eigenvalue weighted by atomic mass is 9.94. The zero-order chi connectivity index (χ0) is 20.3. The van der Waals surface area contributed by atoms with Gasteiger partial charge in [-0.25, -0.2) is 4.79 Å². The summed E-state index contributed by atoms with van der Waals surface area (Å²) in [6, 6.07) is 8.24. The van der Waals surface area contributed by atoms with Crippen molar-refractivity contribution in [2.75, 3.05) is 33.2 Å². The number of carbonyl (C=O) groups is 3. The summed E-state index contributed by atoms with van der Waals surface area (Å²) in [7, 11) is 1.61. The molecule has 0 aliphatic carbocycles. The van der Waals surface area contributed by atoms with Crippen molar-refractivity contribution in [2.24, 2.45) is 0 Å². The molecule has 0 atom stereocenters. The zero-order valence-corrected chi connectivity index (χ0v) is 17.0. The first-order valence-corrected chi connectivity index (χ1v) is 9.92. The summed E-state index contributed by atoms with van der Waals surface area (Å²) in [6.07, 6.45) is 1.81. The van der Waals surface area contributed by atoms with E-state index < -0.39 is 0 Å². The zero-order valence-electron chi connectivity index (χ0n) is 17.0. The molecule has 1 aromatic carbocycles. The van der Waals surface area contributed by atoms with E-state index in [9.17, 15) is 14.4 Å². The lowest BCUT2D eigenvalue weighted by Crippen LogP contribution is -2.53. The number of likely N-dealkylation sites (N-methyl/N-ethyl adjacent to an activating group) is 1. The molecule has 2 aliphatic heterocycles. The first-order chi connectivity index (χ1) is 13.3. The smallest absolute Gasteiger partial charge is 0.326 e. The Morgan fingerprint density at radius 2 is 1.86 bits per heavy atom. The first-order valence-electron chi connectivity index (χ1n) is 9.92. The predicted octanol–water partition coefficient (Wildman–Crippen LogP) is 1.61. The van der Waals surface area contributed by atoms with Gasteiger partial charge < -0.3 is 10.2 Å². The monoisotopic (exact) mass is 386 g/mol. The van der Waals surface area contributed by atoms with Gasteiger partial charge in [-0.15, -0.1) is 0 Å². The molecular formula is C21H30N4O3. The maximum Gasteiger partial charge on any atom is 0.326 e. The normalized spacial score (nSPS) is 17.8. The molecule has 1 fully saturated rings. The van der Waals surface area contributed by atoms with Gasteiger partial charge in [0.05, 0.1) is 0 Å². The molecule has 152 valence electrons. The summed E-state index contributed by atoms with van der Waals surface area (Å²) in [5, 5.41) is 3.02. The Labute approximate surface area is 166 Å². The Hall–Kier alpha value is -2.41. The lowest BCUT2D eigenvalue weighted by molar-refractivity contribution is -0.126. The van der Waals surface area contributed by atoms with Crippen molar-refractivity contribution in [1.29, 1.82) is 0 Å². The number of hydrogen-bond donors (Lipinski definition) is 1. The number of rotatable bonds is 7. The van der Waals surface area contributed by atoms with Gasteiger partial charge in [0.15, 0.2) is 0 Å². The minimum Gasteiger partial charge on any atom is -0.354 e. The second-order valence-electron chi connectivity index (χ2n) is 8.32. The Balaban J connectivity index is 1.42. The third-order valence-electron chi connectivity index (χ3n) is 5.72. The molecule has 0 bridgehead atoms. The van der Waals surface area contributed by atoms with Gasteiger partial charge in [0, 0.05) is 45.2 Å². The van der Waals surface area contributed by atoms with Crippen LogP contribution in [0.4, 0.5) is 4.79 Å². The third-order valence-corrected chi connectivity index (χ3v) is 5.72. The molecule has 3 rings (SSSR count). The molecule has 2 heterocycles. The highest BCUT2D eigenvalue weighted by Crippen LogP contribution is 2.25. The molecule has 0 radical (unpaired) electrons. The fourth-order valence-corrected chi connectivity index (χ4v) is 3.81. The van der Waals surface area contributed by atoms with Crippen LogP contribution >= 0.6 is 0 Å². The fraction of sp³-hybridized carbons (Fsp3) is 0.571. The Morgan fingerprint density at radius 3 is 2.54 bits per heavy atom. The molecule has 4 amide bonds. The van der Waals surface area contributed by atoms with Gasteiger partial charge in [-0.2, -0.15) is 0 Å². The highest BCUT2D eigenvalue weighted by atomic mass is 16.2. The summed E-state index contributed by atoms with van der Waals surface area (Å²) in [5.41, 5.74) is 2.63. The van der Waals surface area contributed by atoms with Crippen LogP contribution in [-0.4, -0.2) is 71.3 Å². The van der Waals surface area contributed by atoms with Crippen LogP contribution in [0.25, 0.3) is 0 Å². The van der Waals surface area contributed by atoms with E-state index in [0.29, 0.717) is 25.9 Å². The van der Waals surface area contributed by atoms with E-state index >= 15 is 0 Å². The average Bonchev–Trinajstić information content (AvgIpc) is 2.92. The fourth-order valence-electron chi connectivity index (χ4n) is 3.81. The van der Waals surface area contributed by atoms with Gasteiger partial charge in [0.1, 0.15) is 6.54 Å². The number of urea groups is 1. The predicted molar refractivity (Wildman–Crippen MR) is 107 cm³/mol. The second-order valence-corrected chi connectivity index (χ2v) is 8.32. The number of carbonyl (C=O) groups excluding carboxylic acids is 3. The van der Waals surface area contributed by atoms with E-state index in [4.69, 9.17) is 0 Å². The van der Waals surface area contributed by atoms with Crippen LogP contribution in [0, 0.1) is 0 Å². The first kappa shape index (κ1) is 20.3. The largest absolute Gasteiger partial charge is 0.354 e. The van der Waals surface area contributed by atoms with Crippen molar-refractivity contribution in [3.63, 3.8) is 0 Å². The summed E-state index contributed by atoms with van der Waals surface area (Å²) >= 11 is 0. The van der Waals surface area contributed by atoms with E-state index in [2.05, 4.69) is 48.3 Å². The van der Waals surface area contributed by atoms with Gasteiger partial charge in [-0.1, -0.05) is 24.3 Å². The summed E-state index contributed by atoms with van der Waals surface area (Å²) in [4.78, 5) is 40.9. The lowest BCUT2D eigenvalue weighted by Gasteiger charge is -2.41. The van der Waals surface area contributed by atoms with Crippen LogP contribution in [0.5, 0.6) is 0 Å². The van der Waals surface area contributed by atoms with Gasteiger partial charge in [0.25, 0.3) is 0 Å². The summed E-state index contributed by atoms with van der Waals surface area (Å²) in [6.45, 7) is 7.16. The van der Waals surface area contributed by atoms with Crippen LogP contribution in [0.2, 0.25) is 0 Å². The van der Waals surface area contributed by atoms with Crippen molar-refractivity contribution in [2.45, 2.75) is 45.2 Å². The topological polar surface area (TPSA) is 73.0 Å². The minimum absolute atomic E-state index is 0.0436. The van der Waals surface area contributed by atoms with Crippen molar-refractivity contribution in [3.05, 3.63) is 35.4 Å². The maximum absolute atomic E-state index is 12.2. The number of hydrogen-bond acceptors (Lipinski definition) is 4. The summed E-state index contributed by atoms with van der Waals surface area (Å²) < 4.78 is 0. The molecule has 0 aromatic heterocycles. The number of nitrogens with zero attached hydrogens (tertiary/aromatic N) is 3. The molecule has 7 heteroatoms. The van der Waals surface area contributed by atoms with Crippen LogP contribution in [0.3, 0.4) is 0 Å². The quantitative estimate of drug-likeness (QED) is 0.723. The van der Waals surface area contributed by atoms with Crippen LogP contribution < -0.4 is 5.32 Å². The van der Waals surface area contributed by atoms with Gasteiger partial charge in [-0.05, 0) is 37.8 Å². The molecule has 0 spiro atoms. The highest BCUT2D eigenvalue weighted by Gasteiger charge is 2.33. The molecule has 28 heavy (non-hydrogen) atoms. The maximum atomic E-state index is 12.2. The van der Waals surface area contributed by atoms with Gasteiger partial charge in [-0.3, -0.25) is 19.4 Å². The van der Waals surface area contributed by atoms with Crippen molar-refractivity contribution < 1.29 is 14.4 Å². The Kier molecular flexibility index (Phi) is 6.03. The van der Waals surface area contributed by atoms with Gasteiger partial charge >= 0.3 is 6.03 Å². The van der Waals surface area contributed by atoms with Crippen LogP contribution in [-0.2, 0) is 22.6 Å². The molecule has 1 aromatic rings. The van der Waals surface area contributed by atoms with E-state index in [-0.39, 0.29) is 29.9 Å². The van der Waals surface area contributed by atoms with Crippen molar-refractivity contribution in [3.8, 4) is 0 Å². The number of nitrogens with one attached hydrogen (secondary N) is 1. The molecule has 7 nitrogen and oxygen atoms in total. The van der Waals surface area contributed by atoms with Gasteiger partial charge in [0.2, 0.25) is 11.8 Å². The van der Waals surface area contributed by atoms with Crippen LogP contribution in [0.1, 0.15) is 37.8 Å². The van der Waals surface area contributed by atoms with Crippen LogP contribution in [0.15, 0.2) is 24.3 Å². The van der Waals surface area contributed by atoms with Crippen molar-refractivity contribution in [1.82, 2.24) is 20.0 Å². The summed E-state index contributed by atoms with van der Waals surface area (Å²) in [5.74, 6) is -0.239. The van der Waals surface area contributed by atoms with E-state index in [1.165, 1.54) is 20.9 Å². The number of imide groups is 1. The van der Waals surface area contributed by atoms with E-state index in [0.717, 1.165) is 19.5 Å². The highest BCUT2D eigenvalue weighted by molar-refractivity contribution is 6.01. The molecule has 2 aliphatic rings. The van der Waals surface area contributed by atoms with E-state index in [1.807, 2.05) is 0 Å². The number of amides is 4. The average molecular weight is 386 g/mol. The molecule has 1 N–H and O–H groups in total. The standard InChI is InChI=1S/C21H30N4O3/c1-21(2,24-12-10-16-7-4-5-8-17(16)13-24)15-22-18(26)9-6-11-25-19(27)14-23(3)20(25)28/h4-5,7-8H,6,9-15H2,1-3H3,(H,22,26). The number of fused-ring (bicyclic) bond motifs is 1. The molecule has 0 saturated carbocycles. The second kappa shape index (κ2) is 8.31. The number of benzene rings is 1.